The molecule has 1 amide bonds. The molecule has 9 heteroatoms. The zero-order chi connectivity index (χ0) is 24.4. The second kappa shape index (κ2) is 8.30. The highest BCUT2D eigenvalue weighted by Gasteiger charge is 2.35. The summed E-state index contributed by atoms with van der Waals surface area (Å²) < 4.78 is 10.1. The van der Waals surface area contributed by atoms with Crippen molar-refractivity contribution in [1.82, 2.24) is 34.3 Å². The number of fused-ring (bicyclic) bond motifs is 3. The molecule has 9 nitrogen and oxygen atoms in total. The number of piperidine rings is 1. The number of ether oxygens (including phenoxy) is 1. The Morgan fingerprint density at radius 2 is 2.08 bits per heavy atom. The van der Waals surface area contributed by atoms with Crippen LogP contribution in [-0.2, 0) is 13.6 Å². The number of nitrogens with zero attached hydrogens (tertiary/aromatic N) is 6. The average Bonchev–Trinajstić information content (AvgIpc) is 3.32. The first kappa shape index (κ1) is 21.8. The quantitative estimate of drug-likeness (QED) is 0.467. The lowest BCUT2D eigenvalue weighted by molar-refractivity contribution is 0.0669. The van der Waals surface area contributed by atoms with Gasteiger partial charge in [0.25, 0.3) is 5.91 Å². The topological polar surface area (TPSA) is 90.1 Å². The molecule has 1 N–H and O–H groups in total. The number of aromatic nitrogens is 5. The van der Waals surface area contributed by atoms with Crippen LogP contribution in [0, 0.1) is 11.8 Å². The molecule has 1 aromatic carbocycles. The van der Waals surface area contributed by atoms with E-state index in [2.05, 4.69) is 30.5 Å². The van der Waals surface area contributed by atoms with Gasteiger partial charge in [-0.15, -0.1) is 0 Å². The molecule has 2 unspecified atom stereocenters. The number of benzene rings is 1. The SMILES string of the molecule is COc1cc(C(=O)N2CCC3CCNC3C2)cc2nc(-c3cc4cncnc4n3CC3CC3)n(C)c12. The van der Waals surface area contributed by atoms with Crippen LogP contribution in [0.1, 0.15) is 36.0 Å². The van der Waals surface area contributed by atoms with E-state index in [4.69, 9.17) is 9.72 Å². The van der Waals surface area contributed by atoms with Crippen LogP contribution in [-0.4, -0.2) is 67.7 Å². The highest BCUT2D eigenvalue weighted by molar-refractivity contribution is 6.00. The van der Waals surface area contributed by atoms with E-state index in [1.165, 1.54) is 19.3 Å². The summed E-state index contributed by atoms with van der Waals surface area (Å²) >= 11 is 0. The van der Waals surface area contributed by atoms with E-state index in [0.29, 0.717) is 29.2 Å². The van der Waals surface area contributed by atoms with Crippen LogP contribution in [0.25, 0.3) is 33.6 Å². The number of rotatable bonds is 5. The molecule has 3 aromatic heterocycles. The van der Waals surface area contributed by atoms with Crippen LogP contribution in [0.5, 0.6) is 5.75 Å². The number of likely N-dealkylation sites (tertiary alicyclic amines) is 1. The van der Waals surface area contributed by atoms with Gasteiger partial charge < -0.3 is 24.1 Å². The van der Waals surface area contributed by atoms with Crippen molar-refractivity contribution in [2.75, 3.05) is 26.7 Å². The molecule has 3 fully saturated rings. The summed E-state index contributed by atoms with van der Waals surface area (Å²) in [5.41, 5.74) is 4.23. The van der Waals surface area contributed by atoms with Crippen molar-refractivity contribution >= 4 is 28.0 Å². The van der Waals surface area contributed by atoms with Crippen LogP contribution < -0.4 is 10.1 Å². The van der Waals surface area contributed by atoms with Gasteiger partial charge >= 0.3 is 0 Å². The predicted molar refractivity (Wildman–Crippen MR) is 137 cm³/mol. The maximum absolute atomic E-state index is 13.6. The number of imidazole rings is 1. The van der Waals surface area contributed by atoms with Gasteiger partial charge in [0.15, 0.2) is 5.82 Å². The molecular weight excluding hydrogens is 454 g/mol. The smallest absolute Gasteiger partial charge is 0.254 e. The number of amides is 1. The third-order valence-corrected chi connectivity index (χ3v) is 8.29. The molecular formula is C27H31N7O2. The largest absolute Gasteiger partial charge is 0.494 e. The van der Waals surface area contributed by atoms with Crippen LogP contribution in [0.4, 0.5) is 0 Å². The third-order valence-electron chi connectivity index (χ3n) is 8.29. The summed E-state index contributed by atoms with van der Waals surface area (Å²) in [6.45, 7) is 3.54. The Morgan fingerprint density at radius 1 is 1.19 bits per heavy atom. The predicted octanol–water partition coefficient (Wildman–Crippen LogP) is 3.23. The second-order valence-electron chi connectivity index (χ2n) is 10.6. The Hall–Kier alpha value is -3.46. The van der Waals surface area contributed by atoms with Gasteiger partial charge in [-0.25, -0.2) is 15.0 Å². The Labute approximate surface area is 209 Å². The molecule has 1 aliphatic carbocycles. The van der Waals surface area contributed by atoms with Crippen LogP contribution >= 0.6 is 0 Å². The number of nitrogens with one attached hydrogen (secondary N) is 1. The fourth-order valence-corrected chi connectivity index (χ4v) is 6.15. The Balaban J connectivity index is 1.30. The summed E-state index contributed by atoms with van der Waals surface area (Å²) in [6.07, 6.45) is 8.24. The molecule has 7 rings (SSSR count). The zero-order valence-electron chi connectivity index (χ0n) is 20.8. The number of aryl methyl sites for hydroxylation is 1. The first-order valence-electron chi connectivity index (χ1n) is 13.0. The van der Waals surface area contributed by atoms with Crippen molar-refractivity contribution < 1.29 is 9.53 Å². The summed E-state index contributed by atoms with van der Waals surface area (Å²) in [5, 5.41) is 4.57. The van der Waals surface area contributed by atoms with E-state index >= 15 is 0 Å². The molecule has 1 saturated carbocycles. The monoisotopic (exact) mass is 485 g/mol. The van der Waals surface area contributed by atoms with Gasteiger partial charge in [0.2, 0.25) is 0 Å². The number of hydrogen-bond acceptors (Lipinski definition) is 6. The lowest BCUT2D eigenvalue weighted by Gasteiger charge is -2.35. The molecule has 186 valence electrons. The van der Waals surface area contributed by atoms with E-state index in [1.54, 1.807) is 13.4 Å². The molecule has 3 aliphatic rings. The molecule has 0 radical (unpaired) electrons. The summed E-state index contributed by atoms with van der Waals surface area (Å²) in [7, 11) is 3.67. The van der Waals surface area contributed by atoms with Crippen LogP contribution in [0.2, 0.25) is 0 Å². The summed E-state index contributed by atoms with van der Waals surface area (Å²) in [5.74, 6) is 2.92. The maximum Gasteiger partial charge on any atom is 0.254 e. The third kappa shape index (κ3) is 3.48. The van der Waals surface area contributed by atoms with Crippen molar-refractivity contribution in [2.24, 2.45) is 18.9 Å². The van der Waals surface area contributed by atoms with Gasteiger partial charge in [-0.1, -0.05) is 0 Å². The Morgan fingerprint density at radius 3 is 2.92 bits per heavy atom. The minimum atomic E-state index is 0.0488. The molecule has 2 saturated heterocycles. The normalized spacial score (nSPS) is 21.9. The minimum Gasteiger partial charge on any atom is -0.494 e. The van der Waals surface area contributed by atoms with E-state index in [9.17, 15) is 4.79 Å². The highest BCUT2D eigenvalue weighted by Crippen LogP contribution is 2.37. The zero-order valence-corrected chi connectivity index (χ0v) is 20.8. The first-order chi connectivity index (χ1) is 17.6. The summed E-state index contributed by atoms with van der Waals surface area (Å²) in [6, 6.07) is 6.32. The van der Waals surface area contributed by atoms with Crippen molar-refractivity contribution in [3.8, 4) is 17.3 Å². The van der Waals surface area contributed by atoms with Gasteiger partial charge in [-0.3, -0.25) is 4.79 Å². The van der Waals surface area contributed by atoms with E-state index < -0.39 is 0 Å². The van der Waals surface area contributed by atoms with Gasteiger partial charge in [0.05, 0.1) is 18.3 Å². The van der Waals surface area contributed by atoms with Gasteiger partial charge in [-0.05, 0) is 62.3 Å². The maximum atomic E-state index is 13.6. The van der Waals surface area contributed by atoms with Crippen molar-refractivity contribution in [1.29, 1.82) is 0 Å². The van der Waals surface area contributed by atoms with Crippen LogP contribution in [0.15, 0.2) is 30.7 Å². The molecule has 4 aromatic rings. The van der Waals surface area contributed by atoms with Gasteiger partial charge in [0, 0.05) is 49.9 Å². The summed E-state index contributed by atoms with van der Waals surface area (Å²) in [4.78, 5) is 29.4. The number of hydrogen-bond donors (Lipinski definition) is 1. The van der Waals surface area contributed by atoms with E-state index in [0.717, 1.165) is 66.2 Å². The van der Waals surface area contributed by atoms with Gasteiger partial charge in [0.1, 0.15) is 23.2 Å². The highest BCUT2D eigenvalue weighted by atomic mass is 16.5. The number of carbonyl (C=O) groups excluding carboxylic acids is 1. The molecule has 36 heavy (non-hydrogen) atoms. The van der Waals surface area contributed by atoms with Crippen molar-refractivity contribution in [2.45, 2.75) is 38.3 Å². The fraction of sp³-hybridized carbons (Fsp3) is 0.481. The van der Waals surface area contributed by atoms with E-state index in [-0.39, 0.29) is 5.91 Å². The molecule has 0 spiro atoms. The molecule has 2 aliphatic heterocycles. The minimum absolute atomic E-state index is 0.0488. The lowest BCUT2D eigenvalue weighted by Crippen LogP contribution is -2.48. The number of methoxy groups -OCH3 is 1. The second-order valence-corrected chi connectivity index (χ2v) is 10.6. The molecule has 2 atom stereocenters. The average molecular weight is 486 g/mol. The molecule has 0 bridgehead atoms. The lowest BCUT2D eigenvalue weighted by atomic mass is 9.92. The molecule has 5 heterocycles. The van der Waals surface area contributed by atoms with Gasteiger partial charge in [-0.2, -0.15) is 0 Å². The Bertz CT molecular complexity index is 1480. The standard InChI is InChI=1S/C27H31N7O2/c1-32-24-20(31-26(32)22-10-19-12-28-15-30-25(19)34(22)13-16-3-4-16)9-18(11-23(24)36-2)27(35)33-8-6-17-5-7-29-21(17)14-33/h9-12,15-17,21,29H,3-8,13-14H2,1-2H3. The number of carbonyl (C=O) groups is 1. The Kier molecular flexibility index (Phi) is 5.02. The first-order valence-corrected chi connectivity index (χ1v) is 13.0. The van der Waals surface area contributed by atoms with Crippen molar-refractivity contribution in [3.63, 3.8) is 0 Å². The van der Waals surface area contributed by atoms with Crippen LogP contribution in [0.3, 0.4) is 0 Å². The van der Waals surface area contributed by atoms with E-state index in [1.807, 2.05) is 30.3 Å². The van der Waals surface area contributed by atoms with Crippen molar-refractivity contribution in [3.05, 3.63) is 36.3 Å². The fourth-order valence-electron chi connectivity index (χ4n) is 6.15.